The van der Waals surface area contributed by atoms with E-state index in [1.807, 2.05) is 18.2 Å². The van der Waals surface area contributed by atoms with E-state index in [1.54, 1.807) is 24.3 Å². The smallest absolute Gasteiger partial charge is 0.406 e. The molecule has 0 radical (unpaired) electrons. The van der Waals surface area contributed by atoms with Crippen molar-refractivity contribution in [3.63, 3.8) is 0 Å². The summed E-state index contributed by atoms with van der Waals surface area (Å²) in [6.07, 6.45) is 1.27. The topological polar surface area (TPSA) is 9.23 Å². The molecule has 4 rings (SSSR count). The van der Waals surface area contributed by atoms with E-state index in [0.717, 1.165) is 17.5 Å². The molecule has 0 unspecified atom stereocenters. The predicted octanol–water partition coefficient (Wildman–Crippen LogP) is 9.07. The number of fused-ring (bicyclic) bond motifs is 1. The molecule has 0 fully saturated rings. The molecule has 0 spiro atoms. The Morgan fingerprint density at radius 3 is 2.14 bits per heavy atom. The summed E-state index contributed by atoms with van der Waals surface area (Å²) >= 11 is 0. The van der Waals surface area contributed by atoms with Crippen molar-refractivity contribution in [1.29, 1.82) is 0 Å². The summed E-state index contributed by atoms with van der Waals surface area (Å²) in [4.78, 5) is 0. The Balaban J connectivity index is 1.49. The van der Waals surface area contributed by atoms with Crippen LogP contribution in [0.1, 0.15) is 49.3 Å². The maximum atomic E-state index is 15.2. The van der Waals surface area contributed by atoms with Gasteiger partial charge in [-0.15, -0.1) is 13.2 Å². The van der Waals surface area contributed by atoms with Gasteiger partial charge in [0.1, 0.15) is 11.6 Å². The Morgan fingerprint density at radius 2 is 1.44 bits per heavy atom. The molecule has 0 saturated carbocycles. The SMILES string of the molecule is CCCCCCc1ccc(C#Cc2ccc3c(F)c(-c4ccc(OC(F)(F)F)cc4)ccc3c2)cc1. The van der Waals surface area contributed by atoms with Crippen LogP contribution in [0.5, 0.6) is 5.75 Å². The minimum atomic E-state index is -4.77. The molecular formula is C31H26F4O. The summed E-state index contributed by atoms with van der Waals surface area (Å²) in [6, 6.07) is 22.1. The van der Waals surface area contributed by atoms with Gasteiger partial charge in [0.25, 0.3) is 0 Å². The van der Waals surface area contributed by atoms with Crippen molar-refractivity contribution in [2.75, 3.05) is 0 Å². The van der Waals surface area contributed by atoms with Crippen LogP contribution in [0.4, 0.5) is 17.6 Å². The highest BCUT2D eigenvalue weighted by atomic mass is 19.4. The highest BCUT2D eigenvalue weighted by molar-refractivity contribution is 5.89. The zero-order chi connectivity index (χ0) is 25.5. The first kappa shape index (κ1) is 25.3. The normalized spacial score (nSPS) is 11.2. The van der Waals surface area contributed by atoms with Gasteiger partial charge in [0.05, 0.1) is 0 Å². The van der Waals surface area contributed by atoms with Crippen LogP contribution in [-0.4, -0.2) is 6.36 Å². The molecule has 0 aliphatic carbocycles. The minimum Gasteiger partial charge on any atom is -0.406 e. The van der Waals surface area contributed by atoms with Crippen molar-refractivity contribution >= 4 is 10.8 Å². The number of alkyl halides is 3. The molecule has 0 aliphatic rings. The van der Waals surface area contributed by atoms with Crippen molar-refractivity contribution in [3.05, 3.63) is 101 Å². The number of ether oxygens (including phenoxy) is 1. The summed E-state index contributed by atoms with van der Waals surface area (Å²) in [5.74, 6) is 5.52. The molecule has 4 aromatic rings. The molecule has 0 aromatic heterocycles. The zero-order valence-corrected chi connectivity index (χ0v) is 20.0. The fourth-order valence-corrected chi connectivity index (χ4v) is 4.08. The van der Waals surface area contributed by atoms with E-state index in [4.69, 9.17) is 0 Å². The van der Waals surface area contributed by atoms with Gasteiger partial charge in [0.2, 0.25) is 0 Å². The number of hydrogen-bond donors (Lipinski definition) is 0. The monoisotopic (exact) mass is 490 g/mol. The second-order valence-electron chi connectivity index (χ2n) is 8.69. The van der Waals surface area contributed by atoms with E-state index in [9.17, 15) is 13.2 Å². The van der Waals surface area contributed by atoms with E-state index >= 15 is 4.39 Å². The fourth-order valence-electron chi connectivity index (χ4n) is 4.08. The van der Waals surface area contributed by atoms with Crippen LogP contribution in [0.15, 0.2) is 78.9 Å². The lowest BCUT2D eigenvalue weighted by atomic mass is 9.99. The van der Waals surface area contributed by atoms with Crippen molar-refractivity contribution in [2.24, 2.45) is 0 Å². The molecule has 0 heterocycles. The third-order valence-corrected chi connectivity index (χ3v) is 5.98. The maximum absolute atomic E-state index is 15.2. The van der Waals surface area contributed by atoms with Gasteiger partial charge < -0.3 is 4.74 Å². The fraction of sp³-hybridized carbons (Fsp3) is 0.226. The Morgan fingerprint density at radius 1 is 0.750 bits per heavy atom. The summed E-state index contributed by atoms with van der Waals surface area (Å²) < 4.78 is 56.2. The predicted molar refractivity (Wildman–Crippen MR) is 136 cm³/mol. The maximum Gasteiger partial charge on any atom is 0.573 e. The first-order valence-corrected chi connectivity index (χ1v) is 12.0. The van der Waals surface area contributed by atoms with Crippen molar-refractivity contribution in [2.45, 2.75) is 45.4 Å². The first-order chi connectivity index (χ1) is 17.3. The number of benzene rings is 4. The molecule has 5 heteroatoms. The molecule has 0 N–H and O–H groups in total. The summed E-state index contributed by atoms with van der Waals surface area (Å²) in [5, 5.41) is 1.11. The highest BCUT2D eigenvalue weighted by Gasteiger charge is 2.31. The molecule has 4 aromatic carbocycles. The molecule has 0 aliphatic heterocycles. The van der Waals surface area contributed by atoms with Gasteiger partial charge in [-0.05, 0) is 65.8 Å². The third-order valence-electron chi connectivity index (χ3n) is 5.98. The van der Waals surface area contributed by atoms with Gasteiger partial charge in [-0.1, -0.05) is 80.5 Å². The van der Waals surface area contributed by atoms with Crippen molar-refractivity contribution in [1.82, 2.24) is 0 Å². The average molecular weight is 491 g/mol. The van der Waals surface area contributed by atoms with Gasteiger partial charge in [-0.2, -0.15) is 0 Å². The van der Waals surface area contributed by atoms with E-state index in [0.29, 0.717) is 21.9 Å². The van der Waals surface area contributed by atoms with Gasteiger partial charge in [-0.3, -0.25) is 0 Å². The number of unbranched alkanes of at least 4 members (excludes halogenated alkanes) is 3. The van der Waals surface area contributed by atoms with Crippen LogP contribution in [0.25, 0.3) is 21.9 Å². The molecule has 0 amide bonds. The van der Waals surface area contributed by atoms with Gasteiger partial charge >= 0.3 is 6.36 Å². The quantitative estimate of drug-likeness (QED) is 0.143. The van der Waals surface area contributed by atoms with Crippen LogP contribution >= 0.6 is 0 Å². The van der Waals surface area contributed by atoms with Crippen LogP contribution in [0.3, 0.4) is 0 Å². The molecule has 1 nitrogen and oxygen atoms in total. The standard InChI is InChI=1S/C31H26F4O/c1-2-3-4-5-6-22-7-9-23(10-8-22)11-12-24-13-19-29-26(21-24)16-20-28(30(29)32)25-14-17-27(18-15-25)36-31(33,34)35/h7-10,13-21H,2-6H2,1H3. The van der Waals surface area contributed by atoms with Gasteiger partial charge in [-0.25, -0.2) is 4.39 Å². The highest BCUT2D eigenvalue weighted by Crippen LogP contribution is 2.31. The second-order valence-corrected chi connectivity index (χ2v) is 8.69. The lowest BCUT2D eigenvalue weighted by molar-refractivity contribution is -0.274. The molecule has 0 bridgehead atoms. The Bertz CT molecular complexity index is 1380. The van der Waals surface area contributed by atoms with E-state index in [2.05, 4.69) is 35.6 Å². The van der Waals surface area contributed by atoms with Crippen molar-refractivity contribution in [3.8, 4) is 28.7 Å². The Labute approximate surface area is 208 Å². The minimum absolute atomic E-state index is 0.301. The Hall–Kier alpha value is -3.78. The summed E-state index contributed by atoms with van der Waals surface area (Å²) in [7, 11) is 0. The average Bonchev–Trinajstić information content (AvgIpc) is 2.86. The van der Waals surface area contributed by atoms with E-state index in [-0.39, 0.29) is 5.75 Å². The second kappa shape index (κ2) is 11.3. The number of rotatable bonds is 7. The molecular weight excluding hydrogens is 464 g/mol. The van der Waals surface area contributed by atoms with Crippen LogP contribution in [0.2, 0.25) is 0 Å². The van der Waals surface area contributed by atoms with Crippen LogP contribution in [-0.2, 0) is 6.42 Å². The third kappa shape index (κ3) is 6.66. The number of hydrogen-bond acceptors (Lipinski definition) is 1. The summed E-state index contributed by atoms with van der Waals surface area (Å²) in [6.45, 7) is 2.21. The molecule has 36 heavy (non-hydrogen) atoms. The lowest BCUT2D eigenvalue weighted by Gasteiger charge is -2.10. The van der Waals surface area contributed by atoms with Crippen LogP contribution in [0, 0.1) is 17.7 Å². The zero-order valence-electron chi connectivity index (χ0n) is 20.0. The largest absolute Gasteiger partial charge is 0.573 e. The first-order valence-electron chi connectivity index (χ1n) is 12.0. The number of aryl methyl sites for hydroxylation is 1. The Kier molecular flexibility index (Phi) is 7.95. The van der Waals surface area contributed by atoms with Crippen LogP contribution < -0.4 is 4.74 Å². The van der Waals surface area contributed by atoms with Crippen molar-refractivity contribution < 1.29 is 22.3 Å². The molecule has 184 valence electrons. The molecule has 0 saturated heterocycles. The summed E-state index contributed by atoms with van der Waals surface area (Å²) in [5.41, 5.74) is 3.77. The van der Waals surface area contributed by atoms with E-state index in [1.165, 1.54) is 55.5 Å². The van der Waals surface area contributed by atoms with E-state index < -0.39 is 12.2 Å². The number of halogens is 4. The van der Waals surface area contributed by atoms with Gasteiger partial charge in [0, 0.05) is 22.1 Å². The van der Waals surface area contributed by atoms with Gasteiger partial charge in [0.15, 0.2) is 0 Å². The molecule has 0 atom stereocenters. The lowest BCUT2D eigenvalue weighted by Crippen LogP contribution is -2.16.